The number of isocyanates is 2. The summed E-state index contributed by atoms with van der Waals surface area (Å²) in [6.07, 6.45) is 2.62. The van der Waals surface area contributed by atoms with E-state index >= 15 is 0 Å². The lowest BCUT2D eigenvalue weighted by atomic mass is 10.3. The highest BCUT2D eigenvalue weighted by Crippen LogP contribution is 2.02. The fourth-order valence-corrected chi connectivity index (χ4v) is 0.619. The molecule has 0 atom stereocenters. The van der Waals surface area contributed by atoms with Gasteiger partial charge in [0.05, 0.1) is 26.3 Å². The van der Waals surface area contributed by atoms with E-state index in [4.69, 9.17) is 15.3 Å². The van der Waals surface area contributed by atoms with Gasteiger partial charge in [-0.25, -0.2) is 19.6 Å². The third-order valence-corrected chi connectivity index (χ3v) is 1.31. The Bertz CT molecular complexity index is 364. The van der Waals surface area contributed by atoms with Crippen molar-refractivity contribution in [3.8, 4) is 5.75 Å². The highest BCUT2D eigenvalue weighted by atomic mass is 16.3. The second kappa shape index (κ2) is 18.1. The molecule has 0 saturated heterocycles. The fourth-order valence-electron chi connectivity index (χ4n) is 0.619. The third-order valence-electron chi connectivity index (χ3n) is 1.31. The van der Waals surface area contributed by atoms with Gasteiger partial charge >= 0.3 is 0 Å². The predicted molar refractivity (Wildman–Crippen MR) is 68.3 cm³/mol. The van der Waals surface area contributed by atoms with Crippen LogP contribution in [0.15, 0.2) is 40.3 Å². The van der Waals surface area contributed by atoms with Gasteiger partial charge < -0.3 is 15.3 Å². The van der Waals surface area contributed by atoms with Crippen molar-refractivity contribution >= 4 is 12.2 Å². The largest absolute Gasteiger partial charge is 0.508 e. The second-order valence-electron chi connectivity index (χ2n) is 2.73. The molecule has 104 valence electrons. The van der Waals surface area contributed by atoms with Crippen LogP contribution in [0.5, 0.6) is 5.75 Å². The standard InChI is InChI=1S/C6H6O.C4H4N2O2.C2H6O2/c7-6-4-2-1-3-5-6;7-3-5-1-2-6-4-8;3-1-2-4/h1-5,7H;1-2H2;3-4H,1-2H2. The van der Waals surface area contributed by atoms with Crippen LogP contribution in [0.25, 0.3) is 0 Å². The van der Waals surface area contributed by atoms with Crippen molar-refractivity contribution in [1.29, 1.82) is 0 Å². The van der Waals surface area contributed by atoms with Crippen LogP contribution in [-0.4, -0.2) is 53.8 Å². The Morgan fingerprint density at radius 1 is 0.895 bits per heavy atom. The number of nitrogens with zero attached hydrogens (tertiary/aromatic N) is 2. The quantitative estimate of drug-likeness (QED) is 0.404. The van der Waals surface area contributed by atoms with Crippen LogP contribution in [0.4, 0.5) is 0 Å². The Hall–Kier alpha value is -2.30. The van der Waals surface area contributed by atoms with Gasteiger partial charge in [0.25, 0.3) is 0 Å². The number of carbonyl (C=O) groups excluding carboxylic acids is 2. The highest BCUT2D eigenvalue weighted by molar-refractivity contribution is 5.34. The van der Waals surface area contributed by atoms with Crippen LogP contribution in [0.2, 0.25) is 0 Å². The lowest BCUT2D eigenvalue weighted by Gasteiger charge is -1.82. The van der Waals surface area contributed by atoms with Crippen molar-refractivity contribution < 1.29 is 24.9 Å². The number of hydrogen-bond acceptors (Lipinski definition) is 7. The van der Waals surface area contributed by atoms with Crippen molar-refractivity contribution in [1.82, 2.24) is 0 Å². The van der Waals surface area contributed by atoms with Crippen molar-refractivity contribution in [2.24, 2.45) is 9.98 Å². The molecule has 0 saturated carbocycles. The molecule has 0 aromatic heterocycles. The summed E-state index contributed by atoms with van der Waals surface area (Å²) in [6.45, 7) is 0.192. The zero-order valence-corrected chi connectivity index (χ0v) is 10.3. The van der Waals surface area contributed by atoms with E-state index in [1.165, 1.54) is 12.2 Å². The lowest BCUT2D eigenvalue weighted by Crippen LogP contribution is -1.85. The van der Waals surface area contributed by atoms with Gasteiger partial charge in [-0.15, -0.1) is 0 Å². The van der Waals surface area contributed by atoms with E-state index in [0.717, 1.165) is 0 Å². The molecule has 7 nitrogen and oxygen atoms in total. The van der Waals surface area contributed by atoms with Gasteiger partial charge in [0.2, 0.25) is 12.2 Å². The maximum Gasteiger partial charge on any atom is 0.235 e. The smallest absolute Gasteiger partial charge is 0.235 e. The molecule has 1 rings (SSSR count). The Kier molecular flexibility index (Phi) is 18.1. The van der Waals surface area contributed by atoms with Gasteiger partial charge in [-0.1, -0.05) is 18.2 Å². The second-order valence-corrected chi connectivity index (χ2v) is 2.73. The van der Waals surface area contributed by atoms with Gasteiger partial charge in [-0.05, 0) is 12.1 Å². The maximum absolute atomic E-state index is 9.34. The Balaban J connectivity index is 0. The number of aliphatic hydroxyl groups is 2. The molecular weight excluding hydrogens is 252 g/mol. The van der Waals surface area contributed by atoms with Crippen LogP contribution < -0.4 is 0 Å². The number of hydrogen-bond donors (Lipinski definition) is 3. The lowest BCUT2D eigenvalue weighted by molar-refractivity contribution is 0.186. The molecule has 7 heteroatoms. The predicted octanol–water partition coefficient (Wildman–Crippen LogP) is 0.0212. The molecule has 0 aliphatic carbocycles. The molecule has 0 fully saturated rings. The molecule has 0 radical (unpaired) electrons. The molecule has 1 aromatic rings. The van der Waals surface area contributed by atoms with Crippen LogP contribution in [-0.2, 0) is 9.59 Å². The zero-order chi connectivity index (χ0) is 14.8. The molecule has 0 unspecified atom stereocenters. The van der Waals surface area contributed by atoms with E-state index < -0.39 is 0 Å². The molecule has 0 bridgehead atoms. The molecule has 0 aliphatic heterocycles. The summed E-state index contributed by atoms with van der Waals surface area (Å²) in [4.78, 5) is 24.9. The molecule has 0 heterocycles. The Morgan fingerprint density at radius 3 is 1.53 bits per heavy atom. The summed E-state index contributed by atoms with van der Waals surface area (Å²) in [5, 5.41) is 23.9. The highest BCUT2D eigenvalue weighted by Gasteiger charge is 1.75. The topological polar surface area (TPSA) is 120 Å². The number of aliphatic imine (C=N–C) groups is 2. The van der Waals surface area contributed by atoms with Crippen LogP contribution in [0.1, 0.15) is 0 Å². The minimum atomic E-state index is -0.125. The van der Waals surface area contributed by atoms with E-state index in [1.807, 2.05) is 6.07 Å². The van der Waals surface area contributed by atoms with E-state index in [1.54, 1.807) is 24.3 Å². The molecule has 19 heavy (non-hydrogen) atoms. The number of aliphatic hydroxyl groups excluding tert-OH is 2. The number of phenols is 1. The molecule has 0 aliphatic rings. The summed E-state index contributed by atoms with van der Waals surface area (Å²) in [5.41, 5.74) is 0. The Labute approximate surface area is 110 Å². The van der Waals surface area contributed by atoms with Crippen molar-refractivity contribution in [2.75, 3.05) is 26.3 Å². The van der Waals surface area contributed by atoms with Gasteiger partial charge in [0.15, 0.2) is 0 Å². The number of rotatable bonds is 4. The van der Waals surface area contributed by atoms with E-state index in [0.29, 0.717) is 5.75 Å². The average Bonchev–Trinajstić information content (AvgIpc) is 2.45. The van der Waals surface area contributed by atoms with Gasteiger partial charge in [0.1, 0.15) is 5.75 Å². The van der Waals surface area contributed by atoms with Crippen LogP contribution in [0, 0.1) is 0 Å². The number of aromatic hydroxyl groups is 1. The summed E-state index contributed by atoms with van der Waals surface area (Å²) in [6, 6.07) is 8.71. The summed E-state index contributed by atoms with van der Waals surface area (Å²) < 4.78 is 0. The first-order valence-corrected chi connectivity index (χ1v) is 5.25. The van der Waals surface area contributed by atoms with Gasteiger partial charge in [-0.2, -0.15) is 0 Å². The maximum atomic E-state index is 9.34. The monoisotopic (exact) mass is 268 g/mol. The van der Waals surface area contributed by atoms with Crippen molar-refractivity contribution in [2.45, 2.75) is 0 Å². The molecule has 0 amide bonds. The van der Waals surface area contributed by atoms with Crippen LogP contribution >= 0.6 is 0 Å². The minimum absolute atomic E-state index is 0.125. The molecule has 1 aromatic carbocycles. The Morgan fingerprint density at radius 2 is 1.32 bits per heavy atom. The van der Waals surface area contributed by atoms with Crippen molar-refractivity contribution in [3.63, 3.8) is 0 Å². The first kappa shape index (κ1) is 19.0. The van der Waals surface area contributed by atoms with E-state index in [2.05, 4.69) is 9.98 Å². The molecule has 3 N–H and O–H groups in total. The van der Waals surface area contributed by atoms with E-state index in [-0.39, 0.29) is 26.3 Å². The normalized spacial score (nSPS) is 7.47. The average molecular weight is 268 g/mol. The summed E-state index contributed by atoms with van der Waals surface area (Å²) >= 11 is 0. The summed E-state index contributed by atoms with van der Waals surface area (Å²) in [5.74, 6) is 0.322. The van der Waals surface area contributed by atoms with Crippen molar-refractivity contribution in [3.05, 3.63) is 30.3 Å². The summed E-state index contributed by atoms with van der Waals surface area (Å²) in [7, 11) is 0. The first-order chi connectivity index (χ1) is 9.22. The minimum Gasteiger partial charge on any atom is -0.508 e. The number of benzene rings is 1. The van der Waals surface area contributed by atoms with Gasteiger partial charge in [-0.3, -0.25) is 0 Å². The van der Waals surface area contributed by atoms with Gasteiger partial charge in [0, 0.05) is 0 Å². The fraction of sp³-hybridized carbons (Fsp3) is 0.333. The van der Waals surface area contributed by atoms with E-state index in [9.17, 15) is 9.59 Å². The molecule has 0 spiro atoms. The van der Waals surface area contributed by atoms with Crippen LogP contribution in [0.3, 0.4) is 0 Å². The number of para-hydroxylation sites is 1. The first-order valence-electron chi connectivity index (χ1n) is 5.25. The third kappa shape index (κ3) is 21.5. The SMILES string of the molecule is O=C=NCCN=C=O.OCCO.Oc1ccccc1. The molecular formula is C12H16N2O5. The zero-order valence-electron chi connectivity index (χ0n) is 10.3. The number of phenolic OH excluding ortho intramolecular Hbond substituents is 1.